The topological polar surface area (TPSA) is 66.4 Å². The van der Waals surface area contributed by atoms with E-state index in [0.717, 1.165) is 5.56 Å². The number of anilines is 1. The molecule has 6 heteroatoms. The molecule has 0 aromatic heterocycles. The van der Waals surface area contributed by atoms with Crippen LogP contribution in [0.25, 0.3) is 0 Å². The van der Waals surface area contributed by atoms with Gasteiger partial charge in [0, 0.05) is 21.8 Å². The van der Waals surface area contributed by atoms with E-state index < -0.39 is 23.7 Å². The highest BCUT2D eigenvalue weighted by molar-refractivity contribution is 6.37. The zero-order valence-electron chi connectivity index (χ0n) is 12.2. The highest BCUT2D eigenvalue weighted by atomic mass is 35.5. The highest BCUT2D eigenvalue weighted by Gasteiger charge is 2.47. The molecule has 2 aromatic rings. The van der Waals surface area contributed by atoms with Gasteiger partial charge in [-0.05, 0) is 31.2 Å². The first-order valence-electron chi connectivity index (χ1n) is 6.94. The molecule has 0 fully saturated rings. The number of ketones is 1. The number of amides is 1. The lowest BCUT2D eigenvalue weighted by Gasteiger charge is -2.20. The molecule has 0 unspecified atom stereocenters. The number of benzene rings is 2. The molecule has 1 aliphatic heterocycles. The number of nitrogens with one attached hydrogen (secondary N) is 1. The van der Waals surface area contributed by atoms with Gasteiger partial charge in [0.25, 0.3) is 5.91 Å². The van der Waals surface area contributed by atoms with Crippen LogP contribution in [0, 0.1) is 6.92 Å². The summed E-state index contributed by atoms with van der Waals surface area (Å²) in [5.74, 6) is -1.05. The van der Waals surface area contributed by atoms with Gasteiger partial charge in [0.05, 0.1) is 11.4 Å². The number of carbonyl (C=O) groups is 2. The Morgan fingerprint density at radius 1 is 1.22 bits per heavy atom. The second-order valence-electron chi connectivity index (χ2n) is 5.59. The molecule has 23 heavy (non-hydrogen) atoms. The number of hydrogen-bond acceptors (Lipinski definition) is 3. The predicted molar refractivity (Wildman–Crippen MR) is 89.1 cm³/mol. The summed E-state index contributed by atoms with van der Waals surface area (Å²) in [5.41, 5.74) is 0.120. The van der Waals surface area contributed by atoms with Crippen LogP contribution >= 0.6 is 23.2 Å². The van der Waals surface area contributed by atoms with Crippen molar-refractivity contribution in [1.29, 1.82) is 0 Å². The molecule has 0 aliphatic carbocycles. The molecule has 0 saturated carbocycles. The van der Waals surface area contributed by atoms with Gasteiger partial charge in [-0.25, -0.2) is 0 Å². The molecule has 4 nitrogen and oxygen atoms in total. The van der Waals surface area contributed by atoms with Crippen molar-refractivity contribution in [1.82, 2.24) is 0 Å². The highest BCUT2D eigenvalue weighted by Crippen LogP contribution is 2.40. The van der Waals surface area contributed by atoms with E-state index in [1.165, 1.54) is 18.2 Å². The van der Waals surface area contributed by atoms with E-state index in [1.807, 2.05) is 13.0 Å². The Hall–Kier alpha value is -1.88. The molecule has 1 heterocycles. The summed E-state index contributed by atoms with van der Waals surface area (Å²) in [6.07, 6.45) is -0.392. The van der Waals surface area contributed by atoms with Crippen molar-refractivity contribution in [3.8, 4) is 0 Å². The van der Waals surface area contributed by atoms with Crippen LogP contribution in [0.4, 0.5) is 5.69 Å². The zero-order valence-corrected chi connectivity index (χ0v) is 13.7. The molecule has 0 saturated heterocycles. The molecule has 0 spiro atoms. The maximum absolute atomic E-state index is 12.5. The minimum atomic E-state index is -1.90. The summed E-state index contributed by atoms with van der Waals surface area (Å²) < 4.78 is 0. The summed E-state index contributed by atoms with van der Waals surface area (Å²) in [5, 5.41) is 14.0. The summed E-state index contributed by atoms with van der Waals surface area (Å²) >= 11 is 11.8. The van der Waals surface area contributed by atoms with Crippen LogP contribution in [0.15, 0.2) is 36.4 Å². The van der Waals surface area contributed by atoms with Crippen molar-refractivity contribution in [2.24, 2.45) is 0 Å². The maximum atomic E-state index is 12.5. The van der Waals surface area contributed by atoms with Gasteiger partial charge in [-0.1, -0.05) is 40.9 Å². The van der Waals surface area contributed by atoms with Crippen molar-refractivity contribution in [3.05, 3.63) is 63.1 Å². The van der Waals surface area contributed by atoms with Gasteiger partial charge in [-0.3, -0.25) is 9.59 Å². The fraction of sp³-hybridized carbons (Fsp3) is 0.176. The maximum Gasteiger partial charge on any atom is 0.261 e. The number of halogens is 2. The van der Waals surface area contributed by atoms with E-state index in [9.17, 15) is 14.7 Å². The number of Topliss-reactive ketones (excluding diaryl/α,β-unsaturated/α-hetero) is 1. The monoisotopic (exact) mass is 349 g/mol. The number of hydrogen-bond donors (Lipinski definition) is 2. The van der Waals surface area contributed by atoms with Crippen molar-refractivity contribution >= 4 is 40.6 Å². The first kappa shape index (κ1) is 16.0. The van der Waals surface area contributed by atoms with E-state index in [2.05, 4.69) is 5.32 Å². The Bertz CT molecular complexity index is 835. The second-order valence-corrected chi connectivity index (χ2v) is 6.43. The van der Waals surface area contributed by atoms with E-state index in [1.54, 1.807) is 12.1 Å². The summed E-state index contributed by atoms with van der Waals surface area (Å²) in [6, 6.07) is 9.71. The first-order chi connectivity index (χ1) is 10.8. The van der Waals surface area contributed by atoms with Gasteiger partial charge < -0.3 is 10.4 Å². The van der Waals surface area contributed by atoms with Crippen LogP contribution in [0.1, 0.15) is 27.9 Å². The summed E-state index contributed by atoms with van der Waals surface area (Å²) in [7, 11) is 0. The van der Waals surface area contributed by atoms with Crippen molar-refractivity contribution < 1.29 is 14.7 Å². The summed E-state index contributed by atoms with van der Waals surface area (Å²) in [4.78, 5) is 24.7. The molecule has 3 rings (SSSR count). The van der Waals surface area contributed by atoms with Gasteiger partial charge in [-0.2, -0.15) is 0 Å². The Labute approximate surface area is 143 Å². The van der Waals surface area contributed by atoms with E-state index in [4.69, 9.17) is 23.2 Å². The Morgan fingerprint density at radius 3 is 2.65 bits per heavy atom. The average molecular weight is 350 g/mol. The number of carbonyl (C=O) groups excluding carboxylic acids is 2. The van der Waals surface area contributed by atoms with Crippen LogP contribution < -0.4 is 5.32 Å². The van der Waals surface area contributed by atoms with E-state index in [-0.39, 0.29) is 10.6 Å². The van der Waals surface area contributed by atoms with Crippen LogP contribution in [-0.4, -0.2) is 16.8 Å². The van der Waals surface area contributed by atoms with Crippen molar-refractivity contribution in [2.75, 3.05) is 5.32 Å². The Morgan fingerprint density at radius 2 is 1.96 bits per heavy atom. The third kappa shape index (κ3) is 2.74. The SMILES string of the molecule is Cc1ccc2c(c1)[C@@](O)(CC(=O)c1ccc(Cl)cc1Cl)C(=O)N2. The van der Waals surface area contributed by atoms with Gasteiger partial charge >= 0.3 is 0 Å². The predicted octanol–water partition coefficient (Wildman–Crippen LogP) is 3.71. The lowest BCUT2D eigenvalue weighted by molar-refractivity contribution is -0.133. The molecule has 1 aliphatic rings. The number of aliphatic hydroxyl groups is 1. The molecule has 2 N–H and O–H groups in total. The fourth-order valence-electron chi connectivity index (χ4n) is 2.68. The smallest absolute Gasteiger partial charge is 0.261 e. The number of fused-ring (bicyclic) bond motifs is 1. The van der Waals surface area contributed by atoms with Gasteiger partial charge in [0.1, 0.15) is 0 Å². The molecular weight excluding hydrogens is 337 g/mol. The lowest BCUT2D eigenvalue weighted by Crippen LogP contribution is -2.36. The molecule has 2 aromatic carbocycles. The fourth-order valence-corrected chi connectivity index (χ4v) is 3.19. The molecule has 0 radical (unpaired) electrons. The first-order valence-corrected chi connectivity index (χ1v) is 7.70. The third-order valence-electron chi connectivity index (χ3n) is 3.89. The second kappa shape index (κ2) is 5.64. The molecule has 1 amide bonds. The van der Waals surface area contributed by atoms with E-state index >= 15 is 0 Å². The van der Waals surface area contributed by atoms with Crippen LogP contribution in [0.3, 0.4) is 0 Å². The Kier molecular flexibility index (Phi) is 3.92. The normalized spacial score (nSPS) is 19.4. The minimum Gasteiger partial charge on any atom is -0.375 e. The molecule has 1 atom stereocenters. The molecule has 118 valence electrons. The number of rotatable bonds is 3. The Balaban J connectivity index is 1.97. The summed E-state index contributed by atoms with van der Waals surface area (Å²) in [6.45, 7) is 1.85. The zero-order chi connectivity index (χ0) is 16.8. The third-order valence-corrected chi connectivity index (χ3v) is 4.44. The quantitative estimate of drug-likeness (QED) is 0.830. The van der Waals surface area contributed by atoms with E-state index in [0.29, 0.717) is 16.3 Å². The molecule has 0 bridgehead atoms. The van der Waals surface area contributed by atoms with Crippen LogP contribution in [0.2, 0.25) is 10.0 Å². The minimum absolute atomic E-state index is 0.189. The van der Waals surface area contributed by atoms with Crippen LogP contribution in [0.5, 0.6) is 0 Å². The van der Waals surface area contributed by atoms with Crippen LogP contribution in [-0.2, 0) is 10.4 Å². The van der Waals surface area contributed by atoms with Gasteiger partial charge in [0.2, 0.25) is 0 Å². The largest absolute Gasteiger partial charge is 0.375 e. The standard InChI is InChI=1S/C17H13Cl2NO3/c1-9-2-5-14-12(6-9)17(23,16(22)20-14)8-15(21)11-4-3-10(18)7-13(11)19/h2-7,23H,8H2,1H3,(H,20,22)/t17-/m0/s1. The van der Waals surface area contributed by atoms with Gasteiger partial charge in [0.15, 0.2) is 11.4 Å². The molecular formula is C17H13Cl2NO3. The lowest BCUT2D eigenvalue weighted by atomic mass is 9.87. The van der Waals surface area contributed by atoms with Crippen molar-refractivity contribution in [3.63, 3.8) is 0 Å². The number of aryl methyl sites for hydroxylation is 1. The van der Waals surface area contributed by atoms with Crippen molar-refractivity contribution in [2.45, 2.75) is 18.9 Å². The average Bonchev–Trinajstić information content (AvgIpc) is 2.70. The van der Waals surface area contributed by atoms with Gasteiger partial charge in [-0.15, -0.1) is 0 Å².